The highest BCUT2D eigenvalue weighted by molar-refractivity contribution is 5.85. The van der Waals surface area contributed by atoms with E-state index in [2.05, 4.69) is 0 Å². The largest absolute Gasteiger partial charge is 0.506 e. The Hall–Kier alpha value is -1.000. The van der Waals surface area contributed by atoms with Gasteiger partial charge in [-0.15, -0.1) is 24.8 Å². The van der Waals surface area contributed by atoms with Crippen LogP contribution in [0.25, 0.3) is 0 Å². The van der Waals surface area contributed by atoms with Crippen LogP contribution in [0.3, 0.4) is 0 Å². The number of hydrogen-bond acceptors (Lipinski definition) is 4. The number of aromatic hydroxyl groups is 1. The van der Waals surface area contributed by atoms with E-state index in [-0.39, 0.29) is 36.3 Å². The van der Waals surface area contributed by atoms with Gasteiger partial charge in [0, 0.05) is 6.07 Å². The summed E-state index contributed by atoms with van der Waals surface area (Å²) in [6.45, 7) is 0. The molecule has 0 saturated carbocycles. The van der Waals surface area contributed by atoms with Gasteiger partial charge in [-0.05, 0) is 6.07 Å². The number of rotatable bonds is 1. The lowest BCUT2D eigenvalue weighted by atomic mass is 10.2. The van der Waals surface area contributed by atoms with Crippen LogP contribution in [0.15, 0.2) is 12.1 Å². The number of methoxy groups -OCH3 is 1. The normalized spacial score (nSPS) is 8.08. The molecule has 0 unspecified atom stereocenters. The fourth-order valence-electron chi connectivity index (χ4n) is 0.780. The van der Waals surface area contributed by atoms with Crippen molar-refractivity contribution < 1.29 is 9.84 Å². The van der Waals surface area contributed by atoms with E-state index >= 15 is 0 Å². The molecular weight excluding hydrogens is 215 g/mol. The number of hydrogen-bond donors (Lipinski definition) is 3. The number of benzene rings is 1. The van der Waals surface area contributed by atoms with Crippen molar-refractivity contribution in [1.29, 1.82) is 0 Å². The van der Waals surface area contributed by atoms with Crippen LogP contribution in [0.5, 0.6) is 11.5 Å². The molecule has 1 aromatic carbocycles. The van der Waals surface area contributed by atoms with Crippen molar-refractivity contribution in [2.45, 2.75) is 0 Å². The minimum absolute atomic E-state index is 0. The van der Waals surface area contributed by atoms with E-state index in [1.165, 1.54) is 19.2 Å². The van der Waals surface area contributed by atoms with Crippen molar-refractivity contribution in [1.82, 2.24) is 0 Å². The fraction of sp³-hybridized carbons (Fsp3) is 0.143. The standard InChI is InChI=1S/C7H10N2O2.2ClH/c1-11-7-3-6(10)4(8)2-5(7)9;;/h2-3,10H,8-9H2,1H3;2*1H. The molecule has 0 aliphatic rings. The summed E-state index contributed by atoms with van der Waals surface area (Å²) in [6, 6.07) is 2.83. The van der Waals surface area contributed by atoms with E-state index in [1.807, 2.05) is 0 Å². The van der Waals surface area contributed by atoms with Gasteiger partial charge in [-0.1, -0.05) is 0 Å². The van der Waals surface area contributed by atoms with Crippen molar-refractivity contribution in [2.24, 2.45) is 0 Å². The Morgan fingerprint density at radius 1 is 1.15 bits per heavy atom. The Balaban J connectivity index is 0. The Bertz CT molecular complexity index is 281. The highest BCUT2D eigenvalue weighted by atomic mass is 35.5. The number of phenolic OH excluding ortho intramolecular Hbond substituents is 1. The third kappa shape index (κ3) is 3.08. The Kier molecular flexibility index (Phi) is 6.27. The molecule has 0 atom stereocenters. The van der Waals surface area contributed by atoms with Crippen molar-refractivity contribution in [3.05, 3.63) is 12.1 Å². The van der Waals surface area contributed by atoms with E-state index in [0.717, 1.165) is 0 Å². The van der Waals surface area contributed by atoms with E-state index in [0.29, 0.717) is 11.4 Å². The lowest BCUT2D eigenvalue weighted by Gasteiger charge is -2.05. The van der Waals surface area contributed by atoms with Crippen LogP contribution in [-0.2, 0) is 0 Å². The minimum Gasteiger partial charge on any atom is -0.506 e. The average Bonchev–Trinajstić information content (AvgIpc) is 1.97. The number of anilines is 2. The smallest absolute Gasteiger partial charge is 0.145 e. The lowest BCUT2D eigenvalue weighted by molar-refractivity contribution is 0.410. The van der Waals surface area contributed by atoms with Gasteiger partial charge in [0.25, 0.3) is 0 Å². The maximum atomic E-state index is 9.10. The Labute approximate surface area is 88.7 Å². The summed E-state index contributed by atoms with van der Waals surface area (Å²) in [5.41, 5.74) is 11.5. The monoisotopic (exact) mass is 226 g/mol. The Morgan fingerprint density at radius 3 is 2.15 bits per heavy atom. The van der Waals surface area contributed by atoms with Crippen LogP contribution in [0, 0.1) is 0 Å². The topological polar surface area (TPSA) is 81.5 Å². The maximum absolute atomic E-state index is 9.10. The molecule has 0 saturated heterocycles. The minimum atomic E-state index is -0.0175. The number of phenols is 1. The third-order valence-electron chi connectivity index (χ3n) is 1.38. The van der Waals surface area contributed by atoms with Gasteiger partial charge < -0.3 is 21.3 Å². The molecule has 0 fully saturated rings. The van der Waals surface area contributed by atoms with Crippen LogP contribution in [0.1, 0.15) is 0 Å². The summed E-state index contributed by atoms with van der Waals surface area (Å²) in [5.74, 6) is 0.410. The summed E-state index contributed by atoms with van der Waals surface area (Å²) in [7, 11) is 1.47. The predicted octanol–water partition coefficient (Wildman–Crippen LogP) is 1.41. The first-order valence-corrected chi connectivity index (χ1v) is 3.07. The average molecular weight is 227 g/mol. The quantitative estimate of drug-likeness (QED) is 0.385. The van der Waals surface area contributed by atoms with E-state index in [9.17, 15) is 0 Å². The van der Waals surface area contributed by atoms with Crippen molar-refractivity contribution in [2.75, 3.05) is 18.6 Å². The van der Waals surface area contributed by atoms with Gasteiger partial charge in [-0.3, -0.25) is 0 Å². The molecule has 0 bridgehead atoms. The second kappa shape index (κ2) is 5.61. The number of nitrogen functional groups attached to an aromatic ring is 2. The fourth-order valence-corrected chi connectivity index (χ4v) is 0.780. The second-order valence-electron chi connectivity index (χ2n) is 2.15. The summed E-state index contributed by atoms with van der Waals surface area (Å²) in [6.07, 6.45) is 0. The van der Waals surface area contributed by atoms with Gasteiger partial charge in [-0.2, -0.15) is 0 Å². The van der Waals surface area contributed by atoms with Crippen molar-refractivity contribution in [3.8, 4) is 11.5 Å². The zero-order chi connectivity index (χ0) is 8.43. The highest BCUT2D eigenvalue weighted by Crippen LogP contribution is 2.31. The molecule has 6 heteroatoms. The molecule has 0 aliphatic heterocycles. The van der Waals surface area contributed by atoms with Gasteiger partial charge >= 0.3 is 0 Å². The number of ether oxygens (including phenoxy) is 1. The first-order valence-electron chi connectivity index (χ1n) is 3.07. The van der Waals surface area contributed by atoms with Gasteiger partial charge in [0.05, 0.1) is 18.5 Å². The lowest BCUT2D eigenvalue weighted by Crippen LogP contribution is -1.94. The molecule has 0 spiro atoms. The molecule has 0 aliphatic carbocycles. The molecule has 0 amide bonds. The van der Waals surface area contributed by atoms with Crippen molar-refractivity contribution in [3.63, 3.8) is 0 Å². The van der Waals surface area contributed by atoms with Crippen LogP contribution >= 0.6 is 24.8 Å². The van der Waals surface area contributed by atoms with Crippen LogP contribution in [-0.4, -0.2) is 12.2 Å². The summed E-state index contributed by atoms with van der Waals surface area (Å²) >= 11 is 0. The maximum Gasteiger partial charge on any atom is 0.145 e. The van der Waals surface area contributed by atoms with Crippen LogP contribution in [0.4, 0.5) is 11.4 Å². The Morgan fingerprint density at radius 2 is 1.69 bits per heavy atom. The molecule has 5 N–H and O–H groups in total. The summed E-state index contributed by atoms with van der Waals surface area (Å²) in [4.78, 5) is 0. The molecule has 4 nitrogen and oxygen atoms in total. The molecule has 0 heterocycles. The summed E-state index contributed by atoms with van der Waals surface area (Å²) in [5, 5.41) is 9.10. The zero-order valence-electron chi connectivity index (χ0n) is 6.98. The predicted molar refractivity (Wildman–Crippen MR) is 58.0 cm³/mol. The highest BCUT2D eigenvalue weighted by Gasteiger charge is 2.03. The van der Waals surface area contributed by atoms with E-state index in [1.54, 1.807) is 0 Å². The molecule has 13 heavy (non-hydrogen) atoms. The second-order valence-corrected chi connectivity index (χ2v) is 2.15. The molecule has 0 aromatic heterocycles. The van der Waals surface area contributed by atoms with Crippen LogP contribution in [0.2, 0.25) is 0 Å². The van der Waals surface area contributed by atoms with Gasteiger partial charge in [0.15, 0.2) is 0 Å². The van der Waals surface area contributed by atoms with E-state index < -0.39 is 0 Å². The molecular formula is C7H12Cl2N2O2. The van der Waals surface area contributed by atoms with Crippen molar-refractivity contribution >= 4 is 36.2 Å². The molecule has 1 aromatic rings. The molecule has 0 radical (unpaired) electrons. The molecule has 76 valence electrons. The SMILES string of the molecule is COc1cc(O)c(N)cc1N.Cl.Cl. The zero-order valence-corrected chi connectivity index (χ0v) is 8.61. The number of nitrogens with two attached hydrogens (primary N) is 2. The first-order chi connectivity index (χ1) is 5.15. The van der Waals surface area contributed by atoms with Gasteiger partial charge in [-0.25, -0.2) is 0 Å². The number of halogens is 2. The summed E-state index contributed by atoms with van der Waals surface area (Å²) < 4.78 is 4.84. The third-order valence-corrected chi connectivity index (χ3v) is 1.38. The first kappa shape index (κ1) is 14.5. The van der Waals surface area contributed by atoms with Gasteiger partial charge in [0.1, 0.15) is 11.5 Å². The molecule has 1 rings (SSSR count). The van der Waals surface area contributed by atoms with Gasteiger partial charge in [0.2, 0.25) is 0 Å². The van der Waals surface area contributed by atoms with E-state index in [4.69, 9.17) is 21.3 Å². The van der Waals surface area contributed by atoms with Crippen LogP contribution < -0.4 is 16.2 Å².